The van der Waals surface area contributed by atoms with Crippen LogP contribution in [0.4, 0.5) is 4.79 Å². The first kappa shape index (κ1) is 20.4. The van der Waals surface area contributed by atoms with Crippen molar-refractivity contribution >= 4 is 29.4 Å². The highest BCUT2D eigenvalue weighted by atomic mass is 35.5. The van der Waals surface area contributed by atoms with Gasteiger partial charge in [0, 0.05) is 11.6 Å². The van der Waals surface area contributed by atoms with Gasteiger partial charge in [-0.2, -0.15) is 0 Å². The molecule has 8 heteroatoms. The Morgan fingerprint density at radius 2 is 1.83 bits per heavy atom. The van der Waals surface area contributed by atoms with E-state index in [-0.39, 0.29) is 25.0 Å². The second kappa shape index (κ2) is 8.85. The van der Waals surface area contributed by atoms with Crippen molar-refractivity contribution < 1.29 is 19.1 Å². The molecule has 2 aliphatic heterocycles. The highest BCUT2D eigenvalue weighted by molar-refractivity contribution is 6.31. The number of carbonyl (C=O) groups excluding carboxylic acids is 3. The van der Waals surface area contributed by atoms with Gasteiger partial charge < -0.3 is 15.0 Å². The molecule has 0 saturated carbocycles. The molecule has 2 aromatic carbocycles. The molecule has 4 rings (SSSR count). The van der Waals surface area contributed by atoms with Crippen molar-refractivity contribution in [3.63, 3.8) is 0 Å². The molecule has 7 nitrogen and oxygen atoms in total. The van der Waals surface area contributed by atoms with Gasteiger partial charge in [-0.05, 0) is 17.2 Å². The maximum Gasteiger partial charge on any atom is 0.325 e. The van der Waals surface area contributed by atoms with E-state index in [1.165, 1.54) is 0 Å². The van der Waals surface area contributed by atoms with Crippen molar-refractivity contribution in [3.05, 3.63) is 70.7 Å². The van der Waals surface area contributed by atoms with Gasteiger partial charge in [-0.3, -0.25) is 14.5 Å². The van der Waals surface area contributed by atoms with Crippen LogP contribution in [0, 0.1) is 0 Å². The number of nitrogens with zero attached hydrogens (tertiary/aromatic N) is 2. The molecule has 2 fully saturated rings. The molecule has 2 saturated heterocycles. The fraction of sp³-hybridized carbons (Fsp3) is 0.318. The number of hydrogen-bond acceptors (Lipinski definition) is 4. The van der Waals surface area contributed by atoms with Crippen LogP contribution in [0.5, 0.6) is 0 Å². The Kier molecular flexibility index (Phi) is 6.01. The molecular weight excluding hydrogens is 406 g/mol. The standard InChI is InChI=1S/C22H22ClN3O4/c23-17-9-5-4-8-16(17)13-26-21(28)18(24-22(26)29)12-20(27)25-10-11-30-19(14-25)15-6-2-1-3-7-15/h1-9,18-19H,10-14H2,(H,24,29). The molecular formula is C22H22ClN3O4. The lowest BCUT2D eigenvalue weighted by Gasteiger charge is -2.33. The molecule has 4 amide bonds. The summed E-state index contributed by atoms with van der Waals surface area (Å²) in [5.74, 6) is -0.599. The number of ether oxygens (including phenoxy) is 1. The van der Waals surface area contributed by atoms with Gasteiger partial charge in [0.15, 0.2) is 0 Å². The predicted octanol–water partition coefficient (Wildman–Crippen LogP) is 2.75. The first-order valence-corrected chi connectivity index (χ1v) is 10.2. The van der Waals surface area contributed by atoms with Crippen molar-refractivity contribution in [3.8, 4) is 0 Å². The zero-order chi connectivity index (χ0) is 21.1. The van der Waals surface area contributed by atoms with E-state index in [0.717, 1.165) is 10.5 Å². The number of hydrogen-bond donors (Lipinski definition) is 1. The molecule has 2 aromatic rings. The quantitative estimate of drug-likeness (QED) is 0.744. The molecule has 2 heterocycles. The number of imide groups is 1. The summed E-state index contributed by atoms with van der Waals surface area (Å²) in [5.41, 5.74) is 1.68. The maximum atomic E-state index is 12.8. The number of halogens is 1. The lowest BCUT2D eigenvalue weighted by Crippen LogP contribution is -2.45. The fourth-order valence-corrected chi connectivity index (χ4v) is 3.91. The SMILES string of the molecule is O=C(CC1NC(=O)N(Cc2ccccc2Cl)C1=O)N1CCOC(c2ccccc2)C1. The summed E-state index contributed by atoms with van der Waals surface area (Å²) in [5, 5.41) is 3.11. The lowest BCUT2D eigenvalue weighted by atomic mass is 10.1. The highest BCUT2D eigenvalue weighted by Gasteiger charge is 2.40. The molecule has 0 radical (unpaired) electrons. The molecule has 156 valence electrons. The Hall–Kier alpha value is -2.90. The van der Waals surface area contributed by atoms with Crippen LogP contribution >= 0.6 is 11.6 Å². The zero-order valence-corrected chi connectivity index (χ0v) is 17.0. The van der Waals surface area contributed by atoms with Gasteiger partial charge in [0.1, 0.15) is 12.1 Å². The average Bonchev–Trinajstić information content (AvgIpc) is 3.03. The van der Waals surface area contributed by atoms with Crippen LogP contribution in [0.1, 0.15) is 23.7 Å². The summed E-state index contributed by atoms with van der Waals surface area (Å²) >= 11 is 6.14. The monoisotopic (exact) mass is 427 g/mol. The van der Waals surface area contributed by atoms with Crippen LogP contribution in [0.15, 0.2) is 54.6 Å². The first-order chi connectivity index (χ1) is 14.5. The van der Waals surface area contributed by atoms with Gasteiger partial charge in [-0.1, -0.05) is 60.1 Å². The van der Waals surface area contributed by atoms with Crippen LogP contribution in [0.25, 0.3) is 0 Å². The van der Waals surface area contributed by atoms with Crippen molar-refractivity contribution in [1.82, 2.24) is 15.1 Å². The fourth-order valence-electron chi connectivity index (χ4n) is 3.71. The van der Waals surface area contributed by atoms with E-state index in [9.17, 15) is 14.4 Å². The molecule has 0 aliphatic carbocycles. The van der Waals surface area contributed by atoms with Crippen LogP contribution in [-0.2, 0) is 20.9 Å². The normalized spacial score (nSPS) is 21.6. The van der Waals surface area contributed by atoms with E-state index in [4.69, 9.17) is 16.3 Å². The minimum Gasteiger partial charge on any atom is -0.370 e. The predicted molar refractivity (Wildman–Crippen MR) is 111 cm³/mol. The van der Waals surface area contributed by atoms with E-state index >= 15 is 0 Å². The van der Waals surface area contributed by atoms with Crippen molar-refractivity contribution in [2.45, 2.75) is 25.1 Å². The number of amides is 4. The number of carbonyl (C=O) groups is 3. The van der Waals surface area contributed by atoms with Gasteiger partial charge in [0.05, 0.1) is 26.1 Å². The number of nitrogens with one attached hydrogen (secondary N) is 1. The third kappa shape index (κ3) is 4.32. The summed E-state index contributed by atoms with van der Waals surface area (Å²) in [4.78, 5) is 40.7. The van der Waals surface area contributed by atoms with Crippen LogP contribution in [-0.4, -0.2) is 53.4 Å². The number of urea groups is 1. The molecule has 0 aromatic heterocycles. The number of rotatable bonds is 5. The minimum absolute atomic E-state index is 0.0721. The van der Waals surface area contributed by atoms with Gasteiger partial charge in [0.25, 0.3) is 5.91 Å². The van der Waals surface area contributed by atoms with Crippen LogP contribution in [0.2, 0.25) is 5.02 Å². The van der Waals surface area contributed by atoms with Crippen LogP contribution in [0.3, 0.4) is 0 Å². The average molecular weight is 428 g/mol. The summed E-state index contributed by atoms with van der Waals surface area (Å²) in [6, 6.07) is 15.4. The van der Waals surface area contributed by atoms with Crippen molar-refractivity contribution in [2.75, 3.05) is 19.7 Å². The summed E-state index contributed by atoms with van der Waals surface area (Å²) in [6.07, 6.45) is -0.278. The summed E-state index contributed by atoms with van der Waals surface area (Å²) < 4.78 is 5.80. The van der Waals surface area contributed by atoms with Gasteiger partial charge in [-0.15, -0.1) is 0 Å². The molecule has 0 bridgehead atoms. The Bertz CT molecular complexity index is 952. The first-order valence-electron chi connectivity index (χ1n) is 9.82. The third-order valence-corrected chi connectivity index (χ3v) is 5.73. The van der Waals surface area contributed by atoms with Crippen molar-refractivity contribution in [1.29, 1.82) is 0 Å². The van der Waals surface area contributed by atoms with Gasteiger partial charge in [0.2, 0.25) is 5.91 Å². The zero-order valence-electron chi connectivity index (χ0n) is 16.3. The maximum absolute atomic E-state index is 12.8. The smallest absolute Gasteiger partial charge is 0.325 e. The molecule has 2 atom stereocenters. The summed E-state index contributed by atoms with van der Waals surface area (Å²) in [6.45, 7) is 1.37. The van der Waals surface area contributed by atoms with E-state index in [1.807, 2.05) is 30.3 Å². The van der Waals surface area contributed by atoms with Gasteiger partial charge in [-0.25, -0.2) is 4.79 Å². The second-order valence-corrected chi connectivity index (χ2v) is 7.74. The molecule has 2 unspecified atom stereocenters. The van der Waals surface area contributed by atoms with Crippen molar-refractivity contribution in [2.24, 2.45) is 0 Å². The third-order valence-electron chi connectivity index (χ3n) is 5.36. The van der Waals surface area contributed by atoms with E-state index < -0.39 is 18.0 Å². The molecule has 0 spiro atoms. The largest absolute Gasteiger partial charge is 0.370 e. The van der Waals surface area contributed by atoms with E-state index in [2.05, 4.69) is 5.32 Å². The second-order valence-electron chi connectivity index (χ2n) is 7.33. The Labute approximate surface area is 179 Å². The minimum atomic E-state index is -0.870. The molecule has 1 N–H and O–H groups in total. The van der Waals surface area contributed by atoms with Gasteiger partial charge >= 0.3 is 6.03 Å². The summed E-state index contributed by atoms with van der Waals surface area (Å²) in [7, 11) is 0. The lowest BCUT2D eigenvalue weighted by molar-refractivity contribution is -0.141. The molecule has 2 aliphatic rings. The van der Waals surface area contributed by atoms with E-state index in [1.54, 1.807) is 29.2 Å². The number of morpholine rings is 1. The van der Waals surface area contributed by atoms with E-state index in [0.29, 0.717) is 30.3 Å². The number of benzene rings is 2. The van der Waals surface area contributed by atoms with Crippen LogP contribution < -0.4 is 5.32 Å². The Balaban J connectivity index is 1.38. The topological polar surface area (TPSA) is 79.0 Å². The Morgan fingerprint density at radius 3 is 2.60 bits per heavy atom. The molecule has 30 heavy (non-hydrogen) atoms. The Morgan fingerprint density at radius 1 is 1.10 bits per heavy atom. The highest BCUT2D eigenvalue weighted by Crippen LogP contribution is 2.24.